The van der Waals surface area contributed by atoms with Crippen LogP contribution in [0.5, 0.6) is 0 Å². The first kappa shape index (κ1) is 14.7. The molecule has 5 heteroatoms. The van der Waals surface area contributed by atoms with Crippen molar-refractivity contribution in [3.8, 4) is 0 Å². The van der Waals surface area contributed by atoms with Crippen LogP contribution in [-0.4, -0.2) is 20.7 Å². The van der Waals surface area contributed by atoms with E-state index in [1.54, 1.807) is 12.3 Å². The monoisotopic (exact) mass is 287 g/mol. The van der Waals surface area contributed by atoms with Crippen molar-refractivity contribution in [1.82, 2.24) is 15.0 Å². The van der Waals surface area contributed by atoms with Crippen molar-refractivity contribution < 1.29 is 4.79 Å². The van der Waals surface area contributed by atoms with E-state index >= 15 is 0 Å². The van der Waals surface area contributed by atoms with E-state index < -0.39 is 0 Å². The van der Waals surface area contributed by atoms with Gasteiger partial charge in [0.25, 0.3) is 0 Å². The number of hydrogen-bond donors (Lipinski definition) is 0. The van der Waals surface area contributed by atoms with Crippen molar-refractivity contribution in [2.45, 2.75) is 44.2 Å². The van der Waals surface area contributed by atoms with Crippen LogP contribution in [0.25, 0.3) is 0 Å². The second-order valence-corrected chi connectivity index (χ2v) is 5.60. The first-order valence-corrected chi connectivity index (χ1v) is 7.32. The lowest BCUT2D eigenvalue weighted by Crippen LogP contribution is -2.00. The van der Waals surface area contributed by atoms with Crippen LogP contribution in [0, 0.1) is 20.8 Å². The third-order valence-electron chi connectivity index (χ3n) is 3.16. The van der Waals surface area contributed by atoms with Gasteiger partial charge in [-0.1, -0.05) is 6.92 Å². The number of carbonyl (C=O) groups is 1. The first-order chi connectivity index (χ1) is 9.51. The van der Waals surface area contributed by atoms with E-state index in [1.807, 2.05) is 33.8 Å². The Labute approximate surface area is 123 Å². The lowest BCUT2D eigenvalue weighted by molar-refractivity contribution is 0.0983. The van der Waals surface area contributed by atoms with Gasteiger partial charge in [-0.3, -0.25) is 9.78 Å². The van der Waals surface area contributed by atoms with Crippen molar-refractivity contribution in [3.63, 3.8) is 0 Å². The third-order valence-corrected chi connectivity index (χ3v) is 4.01. The molecule has 0 amide bonds. The highest BCUT2D eigenvalue weighted by atomic mass is 32.2. The minimum absolute atomic E-state index is 0.0554. The van der Waals surface area contributed by atoms with Gasteiger partial charge in [-0.25, -0.2) is 9.97 Å². The molecule has 2 aromatic heterocycles. The summed E-state index contributed by atoms with van der Waals surface area (Å²) in [5, 5.41) is 0.710. The van der Waals surface area contributed by atoms with Gasteiger partial charge in [0.2, 0.25) is 0 Å². The van der Waals surface area contributed by atoms with Gasteiger partial charge in [0.1, 0.15) is 5.69 Å². The van der Waals surface area contributed by atoms with E-state index in [0.29, 0.717) is 17.3 Å². The summed E-state index contributed by atoms with van der Waals surface area (Å²) in [6, 6.07) is 3.64. The molecule has 104 valence electrons. The van der Waals surface area contributed by atoms with E-state index in [4.69, 9.17) is 0 Å². The fourth-order valence-corrected chi connectivity index (χ4v) is 2.50. The minimum atomic E-state index is 0.0554. The molecule has 0 aliphatic rings. The molecule has 0 bridgehead atoms. The van der Waals surface area contributed by atoms with Crippen LogP contribution >= 0.6 is 11.8 Å². The fourth-order valence-electron chi connectivity index (χ4n) is 1.68. The molecule has 0 radical (unpaired) electrons. The SMILES string of the molecule is CCC(=O)c1ccc(Sc2nc(C)c(C)c(C)n2)cn1. The average molecular weight is 287 g/mol. The van der Waals surface area contributed by atoms with Gasteiger partial charge in [0.15, 0.2) is 10.9 Å². The predicted octanol–water partition coefficient (Wildman–Crippen LogP) is 3.54. The number of hydrogen-bond acceptors (Lipinski definition) is 5. The standard InChI is InChI=1S/C15H17N3OS/c1-5-14(19)13-7-6-12(8-16-13)20-15-17-10(3)9(2)11(4)18-15/h6-8H,5H2,1-4H3. The summed E-state index contributed by atoms with van der Waals surface area (Å²) in [6.07, 6.45) is 2.17. The van der Waals surface area contributed by atoms with Crippen molar-refractivity contribution in [1.29, 1.82) is 0 Å². The molecule has 0 N–H and O–H groups in total. The molecular formula is C15H17N3OS. The van der Waals surface area contributed by atoms with Gasteiger partial charge in [-0.05, 0) is 50.2 Å². The molecule has 0 aliphatic heterocycles. The summed E-state index contributed by atoms with van der Waals surface area (Å²) in [4.78, 5) is 25.5. The van der Waals surface area contributed by atoms with E-state index in [2.05, 4.69) is 15.0 Å². The van der Waals surface area contributed by atoms with Gasteiger partial charge in [0, 0.05) is 28.9 Å². The summed E-state index contributed by atoms with van der Waals surface area (Å²) in [7, 11) is 0. The minimum Gasteiger partial charge on any atom is -0.292 e. The van der Waals surface area contributed by atoms with Crippen LogP contribution in [0.4, 0.5) is 0 Å². The van der Waals surface area contributed by atoms with E-state index in [9.17, 15) is 4.79 Å². The maximum atomic E-state index is 11.5. The smallest absolute Gasteiger partial charge is 0.192 e. The molecule has 4 nitrogen and oxygen atoms in total. The maximum Gasteiger partial charge on any atom is 0.192 e. The number of rotatable bonds is 4. The van der Waals surface area contributed by atoms with Gasteiger partial charge in [-0.2, -0.15) is 0 Å². The van der Waals surface area contributed by atoms with E-state index in [-0.39, 0.29) is 5.78 Å². The Morgan fingerprint density at radius 3 is 2.30 bits per heavy atom. The lowest BCUT2D eigenvalue weighted by Gasteiger charge is -2.06. The number of ketones is 1. The van der Waals surface area contributed by atoms with Crippen molar-refractivity contribution >= 4 is 17.5 Å². The highest BCUT2D eigenvalue weighted by Gasteiger charge is 2.08. The third kappa shape index (κ3) is 3.22. The summed E-state index contributed by atoms with van der Waals surface area (Å²) in [6.45, 7) is 7.81. The Hall–Kier alpha value is -1.75. The Kier molecular flexibility index (Phi) is 4.49. The van der Waals surface area contributed by atoms with Crippen LogP contribution in [0.1, 0.15) is 40.8 Å². The molecule has 20 heavy (non-hydrogen) atoms. The number of aromatic nitrogens is 3. The second-order valence-electron chi connectivity index (χ2n) is 4.56. The predicted molar refractivity (Wildman–Crippen MR) is 79.2 cm³/mol. The zero-order valence-corrected chi connectivity index (χ0v) is 12.9. The summed E-state index contributed by atoms with van der Waals surface area (Å²) in [5.41, 5.74) is 3.61. The molecule has 0 aromatic carbocycles. The lowest BCUT2D eigenvalue weighted by atomic mass is 10.2. The Morgan fingerprint density at radius 1 is 1.15 bits per heavy atom. The van der Waals surface area contributed by atoms with E-state index in [1.165, 1.54) is 11.8 Å². The quantitative estimate of drug-likeness (QED) is 0.636. The molecule has 0 unspecified atom stereocenters. The average Bonchev–Trinajstić information content (AvgIpc) is 2.44. The summed E-state index contributed by atoms with van der Waals surface area (Å²) in [5.74, 6) is 0.0554. The summed E-state index contributed by atoms with van der Waals surface area (Å²) < 4.78 is 0. The van der Waals surface area contributed by atoms with E-state index in [0.717, 1.165) is 21.8 Å². The number of pyridine rings is 1. The Balaban J connectivity index is 2.20. The van der Waals surface area contributed by atoms with Gasteiger partial charge in [0.05, 0.1) is 0 Å². The van der Waals surface area contributed by atoms with Crippen LogP contribution in [0.2, 0.25) is 0 Å². The Bertz CT molecular complexity index is 615. The van der Waals surface area contributed by atoms with Crippen molar-refractivity contribution in [2.24, 2.45) is 0 Å². The molecule has 0 spiro atoms. The van der Waals surface area contributed by atoms with Crippen LogP contribution in [-0.2, 0) is 0 Å². The number of Topliss-reactive ketones (excluding diaryl/α,β-unsaturated/α-hetero) is 1. The van der Waals surface area contributed by atoms with Crippen molar-refractivity contribution in [3.05, 3.63) is 41.0 Å². The van der Waals surface area contributed by atoms with Crippen molar-refractivity contribution in [2.75, 3.05) is 0 Å². The van der Waals surface area contributed by atoms with Gasteiger partial charge < -0.3 is 0 Å². The fraction of sp³-hybridized carbons (Fsp3) is 0.333. The number of aryl methyl sites for hydroxylation is 2. The second kappa shape index (κ2) is 6.13. The topological polar surface area (TPSA) is 55.7 Å². The molecular weight excluding hydrogens is 270 g/mol. The first-order valence-electron chi connectivity index (χ1n) is 6.50. The molecule has 0 atom stereocenters. The maximum absolute atomic E-state index is 11.5. The normalized spacial score (nSPS) is 10.6. The van der Waals surface area contributed by atoms with Crippen LogP contribution < -0.4 is 0 Å². The van der Waals surface area contributed by atoms with Crippen LogP contribution in [0.15, 0.2) is 28.4 Å². The zero-order chi connectivity index (χ0) is 14.7. The molecule has 2 rings (SSSR count). The molecule has 2 aromatic rings. The molecule has 0 saturated carbocycles. The van der Waals surface area contributed by atoms with Gasteiger partial charge >= 0.3 is 0 Å². The van der Waals surface area contributed by atoms with Crippen LogP contribution in [0.3, 0.4) is 0 Å². The zero-order valence-electron chi connectivity index (χ0n) is 12.1. The molecule has 2 heterocycles. The molecule has 0 aliphatic carbocycles. The number of nitrogens with zero attached hydrogens (tertiary/aromatic N) is 3. The van der Waals surface area contributed by atoms with Gasteiger partial charge in [-0.15, -0.1) is 0 Å². The Morgan fingerprint density at radius 2 is 1.80 bits per heavy atom. The highest BCUT2D eigenvalue weighted by molar-refractivity contribution is 7.99. The highest BCUT2D eigenvalue weighted by Crippen LogP contribution is 2.25. The molecule has 0 saturated heterocycles. The summed E-state index contributed by atoms with van der Waals surface area (Å²) >= 11 is 1.46. The number of carbonyl (C=O) groups excluding carboxylic acids is 1. The molecule has 0 fully saturated rings. The largest absolute Gasteiger partial charge is 0.292 e.